The summed E-state index contributed by atoms with van der Waals surface area (Å²) < 4.78 is 1.08. The summed E-state index contributed by atoms with van der Waals surface area (Å²) in [5, 5.41) is 6.21. The standard InChI is InChI=1S/C17H19BrN2O/c1-3-4-17(21)20-14-9-7-13(8-10-14)19-15-6-5-12(2)16(18)11-15/h5-11,19H,3-4H2,1-2H3,(H,20,21). The second kappa shape index (κ2) is 7.27. The number of halogens is 1. The maximum Gasteiger partial charge on any atom is 0.224 e. The van der Waals surface area contributed by atoms with Gasteiger partial charge in [0, 0.05) is 28.0 Å². The van der Waals surface area contributed by atoms with Crippen LogP contribution in [0.4, 0.5) is 17.1 Å². The van der Waals surface area contributed by atoms with Crippen molar-refractivity contribution in [1.29, 1.82) is 0 Å². The highest BCUT2D eigenvalue weighted by Gasteiger charge is 2.02. The van der Waals surface area contributed by atoms with Gasteiger partial charge in [-0.2, -0.15) is 0 Å². The van der Waals surface area contributed by atoms with Crippen LogP contribution in [0.3, 0.4) is 0 Å². The third-order valence-corrected chi connectivity index (χ3v) is 3.96. The lowest BCUT2D eigenvalue weighted by Crippen LogP contribution is -2.10. The second-order valence-corrected chi connectivity index (χ2v) is 5.82. The third-order valence-electron chi connectivity index (χ3n) is 3.11. The SMILES string of the molecule is CCCC(=O)Nc1ccc(Nc2ccc(C)c(Br)c2)cc1. The zero-order valence-corrected chi connectivity index (χ0v) is 13.8. The van der Waals surface area contributed by atoms with Crippen molar-refractivity contribution in [2.75, 3.05) is 10.6 Å². The number of amides is 1. The molecule has 0 aliphatic rings. The van der Waals surface area contributed by atoms with Crippen molar-refractivity contribution in [3.63, 3.8) is 0 Å². The Morgan fingerprint density at radius 3 is 2.29 bits per heavy atom. The number of aryl methyl sites for hydroxylation is 1. The van der Waals surface area contributed by atoms with Gasteiger partial charge in [0.15, 0.2) is 0 Å². The molecule has 0 aliphatic heterocycles. The topological polar surface area (TPSA) is 41.1 Å². The molecular formula is C17H19BrN2O. The fourth-order valence-corrected chi connectivity index (χ4v) is 2.30. The number of carbonyl (C=O) groups is 1. The highest BCUT2D eigenvalue weighted by atomic mass is 79.9. The van der Waals surface area contributed by atoms with E-state index in [0.29, 0.717) is 6.42 Å². The zero-order chi connectivity index (χ0) is 15.2. The van der Waals surface area contributed by atoms with Crippen LogP contribution in [0, 0.1) is 6.92 Å². The molecule has 1 amide bonds. The first kappa shape index (κ1) is 15.6. The smallest absolute Gasteiger partial charge is 0.224 e. The fraction of sp³-hybridized carbons (Fsp3) is 0.235. The molecule has 0 bridgehead atoms. The second-order valence-electron chi connectivity index (χ2n) is 4.96. The van der Waals surface area contributed by atoms with E-state index >= 15 is 0 Å². The van der Waals surface area contributed by atoms with Crippen LogP contribution in [0.5, 0.6) is 0 Å². The number of anilines is 3. The van der Waals surface area contributed by atoms with Crippen LogP contribution in [-0.4, -0.2) is 5.91 Å². The van der Waals surface area contributed by atoms with Crippen molar-refractivity contribution < 1.29 is 4.79 Å². The predicted molar refractivity (Wildman–Crippen MR) is 92.1 cm³/mol. The van der Waals surface area contributed by atoms with Gasteiger partial charge in [0.1, 0.15) is 0 Å². The Hall–Kier alpha value is -1.81. The molecule has 0 spiro atoms. The highest BCUT2D eigenvalue weighted by Crippen LogP contribution is 2.24. The van der Waals surface area contributed by atoms with Crippen LogP contribution < -0.4 is 10.6 Å². The molecular weight excluding hydrogens is 328 g/mol. The minimum atomic E-state index is 0.0562. The number of rotatable bonds is 5. The van der Waals surface area contributed by atoms with Crippen molar-refractivity contribution in [2.24, 2.45) is 0 Å². The van der Waals surface area contributed by atoms with Crippen LogP contribution >= 0.6 is 15.9 Å². The fourth-order valence-electron chi connectivity index (χ4n) is 1.92. The highest BCUT2D eigenvalue weighted by molar-refractivity contribution is 9.10. The van der Waals surface area contributed by atoms with E-state index in [9.17, 15) is 4.79 Å². The minimum absolute atomic E-state index is 0.0562. The van der Waals surface area contributed by atoms with E-state index in [1.807, 2.05) is 43.3 Å². The van der Waals surface area contributed by atoms with Crippen molar-refractivity contribution in [1.82, 2.24) is 0 Å². The lowest BCUT2D eigenvalue weighted by Gasteiger charge is -2.09. The van der Waals surface area contributed by atoms with Crippen molar-refractivity contribution in [3.05, 3.63) is 52.5 Å². The van der Waals surface area contributed by atoms with E-state index < -0.39 is 0 Å². The van der Waals surface area contributed by atoms with Gasteiger partial charge in [-0.1, -0.05) is 28.9 Å². The average molecular weight is 347 g/mol. The third kappa shape index (κ3) is 4.60. The van der Waals surface area contributed by atoms with Gasteiger partial charge in [-0.05, 0) is 55.3 Å². The molecule has 3 nitrogen and oxygen atoms in total. The summed E-state index contributed by atoms with van der Waals surface area (Å²) in [5.41, 5.74) is 4.04. The zero-order valence-electron chi connectivity index (χ0n) is 12.2. The van der Waals surface area contributed by atoms with Gasteiger partial charge in [-0.25, -0.2) is 0 Å². The Labute approximate surface area is 133 Å². The first-order valence-corrected chi connectivity index (χ1v) is 7.81. The lowest BCUT2D eigenvalue weighted by atomic mass is 10.2. The van der Waals surface area contributed by atoms with Gasteiger partial charge < -0.3 is 10.6 Å². The summed E-state index contributed by atoms with van der Waals surface area (Å²) in [6.07, 6.45) is 1.41. The Bertz CT molecular complexity index is 623. The molecule has 2 aromatic rings. The van der Waals surface area contributed by atoms with Crippen molar-refractivity contribution in [2.45, 2.75) is 26.7 Å². The van der Waals surface area contributed by atoms with Gasteiger partial charge in [0.25, 0.3) is 0 Å². The molecule has 0 saturated carbocycles. The van der Waals surface area contributed by atoms with Gasteiger partial charge in [-0.15, -0.1) is 0 Å². The number of benzene rings is 2. The van der Waals surface area contributed by atoms with Gasteiger partial charge >= 0.3 is 0 Å². The lowest BCUT2D eigenvalue weighted by molar-refractivity contribution is -0.116. The molecule has 0 fully saturated rings. The Balaban J connectivity index is 2.01. The molecule has 0 radical (unpaired) electrons. The summed E-state index contributed by atoms with van der Waals surface area (Å²) in [4.78, 5) is 11.5. The van der Waals surface area contributed by atoms with Gasteiger partial charge in [0.05, 0.1) is 0 Å². The van der Waals surface area contributed by atoms with Crippen LogP contribution in [-0.2, 0) is 4.79 Å². The predicted octanol–water partition coefficient (Wildman–Crippen LogP) is 5.24. The number of hydrogen-bond acceptors (Lipinski definition) is 2. The molecule has 4 heteroatoms. The maximum absolute atomic E-state index is 11.5. The molecule has 0 aliphatic carbocycles. The molecule has 2 aromatic carbocycles. The first-order chi connectivity index (χ1) is 10.1. The summed E-state index contributed by atoms with van der Waals surface area (Å²) in [7, 11) is 0. The molecule has 0 saturated heterocycles. The van der Waals surface area contributed by atoms with E-state index in [2.05, 4.69) is 39.6 Å². The van der Waals surface area contributed by atoms with Crippen molar-refractivity contribution in [3.8, 4) is 0 Å². The number of nitrogens with one attached hydrogen (secondary N) is 2. The average Bonchev–Trinajstić information content (AvgIpc) is 2.45. The monoisotopic (exact) mass is 346 g/mol. The molecule has 0 unspecified atom stereocenters. The molecule has 21 heavy (non-hydrogen) atoms. The minimum Gasteiger partial charge on any atom is -0.355 e. The number of hydrogen-bond donors (Lipinski definition) is 2. The maximum atomic E-state index is 11.5. The van der Waals surface area contributed by atoms with Crippen LogP contribution in [0.2, 0.25) is 0 Å². The van der Waals surface area contributed by atoms with Gasteiger partial charge in [-0.3, -0.25) is 4.79 Å². The Morgan fingerprint density at radius 1 is 1.05 bits per heavy atom. The summed E-state index contributed by atoms with van der Waals surface area (Å²) in [6, 6.07) is 13.9. The number of carbonyl (C=O) groups excluding carboxylic acids is 1. The molecule has 2 N–H and O–H groups in total. The summed E-state index contributed by atoms with van der Waals surface area (Å²) >= 11 is 3.53. The van der Waals surface area contributed by atoms with Crippen LogP contribution in [0.25, 0.3) is 0 Å². The van der Waals surface area contributed by atoms with E-state index in [1.165, 1.54) is 5.56 Å². The Morgan fingerprint density at radius 2 is 1.67 bits per heavy atom. The molecule has 2 rings (SSSR count). The quantitative estimate of drug-likeness (QED) is 0.777. The van der Waals surface area contributed by atoms with E-state index in [1.54, 1.807) is 0 Å². The van der Waals surface area contributed by atoms with Crippen LogP contribution in [0.1, 0.15) is 25.3 Å². The molecule has 110 valence electrons. The molecule has 0 aromatic heterocycles. The summed E-state index contributed by atoms with van der Waals surface area (Å²) in [5.74, 6) is 0.0562. The first-order valence-electron chi connectivity index (χ1n) is 7.01. The van der Waals surface area contributed by atoms with Gasteiger partial charge in [0.2, 0.25) is 5.91 Å². The van der Waals surface area contributed by atoms with E-state index in [-0.39, 0.29) is 5.91 Å². The van der Waals surface area contributed by atoms with Crippen molar-refractivity contribution >= 4 is 38.9 Å². The normalized spacial score (nSPS) is 10.2. The van der Waals surface area contributed by atoms with Crippen LogP contribution in [0.15, 0.2) is 46.9 Å². The molecule has 0 atom stereocenters. The summed E-state index contributed by atoms with van der Waals surface area (Å²) in [6.45, 7) is 4.05. The van der Waals surface area contributed by atoms with E-state index in [4.69, 9.17) is 0 Å². The van der Waals surface area contributed by atoms with E-state index in [0.717, 1.165) is 28.0 Å². The Kier molecular flexibility index (Phi) is 5.39. The largest absolute Gasteiger partial charge is 0.355 e. The molecule has 0 heterocycles.